The Kier molecular flexibility index (Phi) is 2.25. The lowest BCUT2D eigenvalue weighted by Gasteiger charge is -2.02. The lowest BCUT2D eigenvalue weighted by Crippen LogP contribution is -2.15. The molecule has 0 aromatic heterocycles. The highest BCUT2D eigenvalue weighted by Crippen LogP contribution is 2.24. The second-order valence-corrected chi connectivity index (χ2v) is 3.08. The molecule has 1 N–H and O–H groups in total. The summed E-state index contributed by atoms with van der Waals surface area (Å²) < 4.78 is 5.14. The predicted octanol–water partition coefficient (Wildman–Crippen LogP) is 1.27. The van der Waals surface area contributed by atoms with Crippen LogP contribution in [0.2, 0.25) is 0 Å². The summed E-state index contributed by atoms with van der Waals surface area (Å²) >= 11 is 0. The Morgan fingerprint density at radius 3 is 2.73 bits per heavy atom. The second-order valence-electron chi connectivity index (χ2n) is 3.08. The lowest BCUT2D eigenvalue weighted by atomic mass is 10.0. The van der Waals surface area contributed by atoms with Gasteiger partial charge in [-0.1, -0.05) is 12.1 Å². The number of carbonyl (C=O) groups excluding carboxylic acids is 2. The van der Waals surface area contributed by atoms with Gasteiger partial charge in [0.05, 0.1) is 11.8 Å². The van der Waals surface area contributed by atoms with E-state index in [1.165, 1.54) is 0 Å². The number of hydrogen-bond acceptors (Lipinski definition) is 4. The van der Waals surface area contributed by atoms with Crippen molar-refractivity contribution in [2.75, 3.05) is 6.61 Å². The third kappa shape index (κ3) is 1.50. The molecule has 0 spiro atoms. The van der Waals surface area contributed by atoms with E-state index >= 15 is 0 Å². The number of carbonyl (C=O) groups is 2. The van der Waals surface area contributed by atoms with Gasteiger partial charge in [-0.25, -0.2) is 0 Å². The zero-order chi connectivity index (χ0) is 10.8. The molecule has 0 saturated heterocycles. The molecule has 15 heavy (non-hydrogen) atoms. The molecule has 0 atom stereocenters. The van der Waals surface area contributed by atoms with Crippen LogP contribution in [0.1, 0.15) is 10.4 Å². The molecule has 4 heteroatoms. The van der Waals surface area contributed by atoms with E-state index in [1.54, 1.807) is 24.3 Å². The van der Waals surface area contributed by atoms with Crippen molar-refractivity contribution in [3.63, 3.8) is 0 Å². The fourth-order valence-electron chi connectivity index (χ4n) is 1.40. The highest BCUT2D eigenvalue weighted by Gasteiger charge is 2.26. The Morgan fingerprint density at radius 1 is 1.27 bits per heavy atom. The number of ketones is 2. The molecule has 0 aliphatic carbocycles. The first-order chi connectivity index (χ1) is 7.24. The first-order valence-corrected chi connectivity index (χ1v) is 4.38. The van der Waals surface area contributed by atoms with Crippen LogP contribution in [-0.4, -0.2) is 23.3 Å². The Balaban J connectivity index is 2.57. The van der Waals surface area contributed by atoms with Crippen LogP contribution >= 0.6 is 0 Å². The molecule has 4 nitrogen and oxygen atoms in total. The van der Waals surface area contributed by atoms with E-state index in [0.717, 1.165) is 0 Å². The highest BCUT2D eigenvalue weighted by molar-refractivity contribution is 6.27. The molecule has 76 valence electrons. The van der Waals surface area contributed by atoms with E-state index in [0.29, 0.717) is 17.6 Å². The minimum Gasteiger partial charge on any atom is -0.515 e. The van der Waals surface area contributed by atoms with Crippen molar-refractivity contribution in [2.24, 2.45) is 0 Å². The van der Waals surface area contributed by atoms with Crippen molar-refractivity contribution < 1.29 is 19.4 Å². The van der Waals surface area contributed by atoms with Crippen molar-refractivity contribution in [2.45, 2.75) is 0 Å². The number of aliphatic hydroxyl groups is 1. The summed E-state index contributed by atoms with van der Waals surface area (Å²) in [6.45, 7) is -0.227. The molecule has 1 aliphatic heterocycles. The second kappa shape index (κ2) is 3.57. The van der Waals surface area contributed by atoms with E-state index in [-0.39, 0.29) is 12.2 Å². The van der Waals surface area contributed by atoms with E-state index in [9.17, 15) is 9.59 Å². The SMILES string of the molecule is O=C1COc2ccccc2C(=O)C1=CO. The summed E-state index contributed by atoms with van der Waals surface area (Å²) in [6.07, 6.45) is 0.538. The van der Waals surface area contributed by atoms with Crippen LogP contribution in [0.5, 0.6) is 5.75 Å². The molecule has 0 saturated carbocycles. The zero-order valence-electron chi connectivity index (χ0n) is 7.77. The normalized spacial score (nSPS) is 18.3. The summed E-state index contributed by atoms with van der Waals surface area (Å²) in [4.78, 5) is 23.1. The average Bonchev–Trinajstić information content (AvgIpc) is 2.38. The van der Waals surface area contributed by atoms with E-state index in [2.05, 4.69) is 0 Å². The number of benzene rings is 1. The maximum absolute atomic E-state index is 11.7. The number of rotatable bonds is 0. The monoisotopic (exact) mass is 204 g/mol. The highest BCUT2D eigenvalue weighted by atomic mass is 16.5. The summed E-state index contributed by atoms with van der Waals surface area (Å²) in [5.74, 6) is -0.651. The van der Waals surface area contributed by atoms with Crippen molar-refractivity contribution in [1.82, 2.24) is 0 Å². The van der Waals surface area contributed by atoms with Gasteiger partial charge in [-0.3, -0.25) is 9.59 Å². The molecule has 0 bridgehead atoms. The van der Waals surface area contributed by atoms with Gasteiger partial charge in [0, 0.05) is 0 Å². The standard InChI is InChI=1S/C11H8O4/c12-5-8-9(13)6-15-10-4-2-1-3-7(10)11(8)14/h1-5,12H,6H2. The molecule has 1 aromatic rings. The Bertz CT molecular complexity index is 459. The van der Waals surface area contributed by atoms with Gasteiger partial charge in [0.2, 0.25) is 11.6 Å². The summed E-state index contributed by atoms with van der Waals surface area (Å²) in [5.41, 5.74) is 0.0589. The number of hydrogen-bond donors (Lipinski definition) is 1. The molecule has 2 rings (SSSR count). The smallest absolute Gasteiger partial charge is 0.207 e. The van der Waals surface area contributed by atoms with Gasteiger partial charge in [0.15, 0.2) is 6.61 Å². The molecule has 1 heterocycles. The summed E-state index contributed by atoms with van der Waals surface area (Å²) in [6, 6.07) is 6.55. The van der Waals surface area contributed by atoms with Gasteiger partial charge < -0.3 is 9.84 Å². The van der Waals surface area contributed by atoms with Crippen LogP contribution in [0, 0.1) is 0 Å². The molecular weight excluding hydrogens is 196 g/mol. The first kappa shape index (κ1) is 9.45. The summed E-state index contributed by atoms with van der Waals surface area (Å²) in [5, 5.41) is 8.82. The summed E-state index contributed by atoms with van der Waals surface area (Å²) in [7, 11) is 0. The lowest BCUT2D eigenvalue weighted by molar-refractivity contribution is -0.117. The Hall–Kier alpha value is -2.10. The van der Waals surface area contributed by atoms with Crippen molar-refractivity contribution in [3.05, 3.63) is 41.7 Å². The van der Waals surface area contributed by atoms with E-state index in [1.807, 2.05) is 0 Å². The Labute approximate surface area is 85.8 Å². The molecule has 0 fully saturated rings. The van der Waals surface area contributed by atoms with E-state index in [4.69, 9.17) is 9.84 Å². The topological polar surface area (TPSA) is 63.6 Å². The van der Waals surface area contributed by atoms with Crippen LogP contribution in [-0.2, 0) is 4.79 Å². The fourth-order valence-corrected chi connectivity index (χ4v) is 1.40. The van der Waals surface area contributed by atoms with Crippen LogP contribution < -0.4 is 4.74 Å². The fraction of sp³-hybridized carbons (Fsp3) is 0.0909. The van der Waals surface area contributed by atoms with Gasteiger partial charge in [-0.05, 0) is 12.1 Å². The average molecular weight is 204 g/mol. The number of Topliss-reactive ketones (excluding diaryl/α,β-unsaturated/α-hetero) is 2. The molecular formula is C11H8O4. The van der Waals surface area contributed by atoms with Gasteiger partial charge in [-0.2, -0.15) is 0 Å². The maximum atomic E-state index is 11.7. The zero-order valence-corrected chi connectivity index (χ0v) is 7.77. The van der Waals surface area contributed by atoms with Crippen molar-refractivity contribution in [3.8, 4) is 5.75 Å². The van der Waals surface area contributed by atoms with Crippen molar-refractivity contribution >= 4 is 11.6 Å². The Morgan fingerprint density at radius 2 is 2.00 bits per heavy atom. The molecule has 1 aromatic carbocycles. The number of aliphatic hydroxyl groups excluding tert-OH is 1. The van der Waals surface area contributed by atoms with Crippen LogP contribution in [0.3, 0.4) is 0 Å². The third-order valence-corrected chi connectivity index (χ3v) is 2.16. The molecule has 1 aliphatic rings. The van der Waals surface area contributed by atoms with E-state index < -0.39 is 11.6 Å². The molecule has 0 amide bonds. The van der Waals surface area contributed by atoms with Gasteiger partial charge in [0.25, 0.3) is 0 Å². The van der Waals surface area contributed by atoms with Gasteiger partial charge >= 0.3 is 0 Å². The van der Waals surface area contributed by atoms with Crippen molar-refractivity contribution in [1.29, 1.82) is 0 Å². The maximum Gasteiger partial charge on any atom is 0.207 e. The quantitative estimate of drug-likeness (QED) is 0.392. The van der Waals surface area contributed by atoms with Crippen LogP contribution in [0.25, 0.3) is 0 Å². The number of ether oxygens (including phenoxy) is 1. The number of fused-ring (bicyclic) bond motifs is 1. The predicted molar refractivity (Wildman–Crippen MR) is 52.0 cm³/mol. The molecule has 0 unspecified atom stereocenters. The van der Waals surface area contributed by atoms with Gasteiger partial charge in [0.1, 0.15) is 11.3 Å². The largest absolute Gasteiger partial charge is 0.515 e. The van der Waals surface area contributed by atoms with Gasteiger partial charge in [-0.15, -0.1) is 0 Å². The van der Waals surface area contributed by atoms with Crippen LogP contribution in [0.15, 0.2) is 36.1 Å². The third-order valence-electron chi connectivity index (χ3n) is 2.16. The minimum absolute atomic E-state index is 0.227. The first-order valence-electron chi connectivity index (χ1n) is 4.38. The number of para-hydroxylation sites is 1. The minimum atomic E-state index is -0.515. The molecule has 0 radical (unpaired) electrons. The van der Waals surface area contributed by atoms with Crippen LogP contribution in [0.4, 0.5) is 0 Å².